The Hall–Kier alpha value is 0.110. The van der Waals surface area contributed by atoms with Gasteiger partial charge in [-0.2, -0.15) is 0 Å². The number of hydrogen-bond donors (Lipinski definition) is 0. The number of halogens is 1. The molecule has 2 nitrogen and oxygen atoms in total. The highest BCUT2D eigenvalue weighted by molar-refractivity contribution is 8.13. The van der Waals surface area contributed by atoms with Crippen molar-refractivity contribution in [2.75, 3.05) is 24.7 Å². The minimum absolute atomic E-state index is 0.236. The molecule has 0 atom stereocenters. The Labute approximate surface area is 76.3 Å². The predicted molar refractivity (Wildman–Crippen MR) is 49.4 cm³/mol. The molecular weight excluding hydrogens is 182 g/mol. The average Bonchev–Trinajstić information content (AvgIpc) is 2.37. The van der Waals surface area contributed by atoms with Crippen LogP contribution in [0.4, 0.5) is 4.79 Å². The molecule has 0 unspecified atom stereocenters. The van der Waals surface area contributed by atoms with Gasteiger partial charge < -0.3 is 4.90 Å². The Morgan fingerprint density at radius 1 is 1.55 bits per heavy atom. The van der Waals surface area contributed by atoms with Crippen molar-refractivity contribution in [3.63, 3.8) is 0 Å². The number of alkyl halides is 1. The Balaban J connectivity index is 2.10. The first kappa shape index (κ1) is 9.20. The van der Waals surface area contributed by atoms with Crippen molar-refractivity contribution in [2.24, 2.45) is 0 Å². The maximum Gasteiger partial charge on any atom is 0.281 e. The summed E-state index contributed by atoms with van der Waals surface area (Å²) in [6.45, 7) is 1.81. The van der Waals surface area contributed by atoms with Crippen LogP contribution >= 0.6 is 23.4 Å². The summed E-state index contributed by atoms with van der Waals surface area (Å²) in [5.74, 6) is 1.66. The van der Waals surface area contributed by atoms with Gasteiger partial charge in [-0.05, 0) is 12.8 Å². The molecule has 0 aromatic carbocycles. The second kappa shape index (κ2) is 4.88. The third kappa shape index (κ3) is 2.91. The van der Waals surface area contributed by atoms with E-state index in [4.69, 9.17) is 11.6 Å². The Morgan fingerprint density at radius 3 is 2.91 bits per heavy atom. The molecule has 0 saturated carbocycles. The van der Waals surface area contributed by atoms with E-state index in [9.17, 15) is 4.79 Å². The van der Waals surface area contributed by atoms with Crippen LogP contribution in [0.25, 0.3) is 0 Å². The summed E-state index contributed by atoms with van der Waals surface area (Å²) in [6, 6.07) is 0. The molecule has 0 aliphatic carbocycles. The summed E-state index contributed by atoms with van der Waals surface area (Å²) in [5, 5.41) is 0.236. The van der Waals surface area contributed by atoms with Crippen LogP contribution in [0.3, 0.4) is 0 Å². The number of unbranched alkanes of at least 4 members (excludes halogenated alkanes) is 1. The van der Waals surface area contributed by atoms with E-state index in [1.165, 1.54) is 11.8 Å². The molecule has 1 saturated heterocycles. The minimum Gasteiger partial charge on any atom is -0.333 e. The van der Waals surface area contributed by atoms with Crippen LogP contribution in [0, 0.1) is 0 Å². The summed E-state index contributed by atoms with van der Waals surface area (Å²) in [6.07, 6.45) is 2.05. The van der Waals surface area contributed by atoms with Gasteiger partial charge in [0.05, 0.1) is 0 Å². The number of carbonyl (C=O) groups is 1. The lowest BCUT2D eigenvalue weighted by molar-refractivity contribution is 0.229. The topological polar surface area (TPSA) is 20.3 Å². The lowest BCUT2D eigenvalue weighted by Gasteiger charge is -2.12. The molecule has 0 radical (unpaired) electrons. The second-order valence-corrected chi connectivity index (χ2v) is 3.92. The van der Waals surface area contributed by atoms with E-state index >= 15 is 0 Å². The summed E-state index contributed by atoms with van der Waals surface area (Å²) < 4.78 is 0. The van der Waals surface area contributed by atoms with Gasteiger partial charge in [0.2, 0.25) is 0 Å². The van der Waals surface area contributed by atoms with Gasteiger partial charge in [0.15, 0.2) is 0 Å². The van der Waals surface area contributed by atoms with Gasteiger partial charge in [-0.25, -0.2) is 0 Å². The van der Waals surface area contributed by atoms with Crippen molar-refractivity contribution in [1.82, 2.24) is 4.90 Å². The maximum absolute atomic E-state index is 11.0. The number of amides is 1. The molecule has 4 heteroatoms. The zero-order valence-electron chi connectivity index (χ0n) is 6.38. The van der Waals surface area contributed by atoms with Crippen molar-refractivity contribution in [2.45, 2.75) is 12.8 Å². The lowest BCUT2D eigenvalue weighted by Crippen LogP contribution is -2.24. The third-order valence-corrected chi connectivity index (χ3v) is 2.82. The molecule has 1 heterocycles. The fourth-order valence-corrected chi connectivity index (χ4v) is 2.07. The van der Waals surface area contributed by atoms with E-state index in [-0.39, 0.29) is 5.24 Å². The molecule has 0 bridgehead atoms. The monoisotopic (exact) mass is 193 g/mol. The van der Waals surface area contributed by atoms with Crippen LogP contribution in [0.2, 0.25) is 0 Å². The van der Waals surface area contributed by atoms with E-state index in [0.29, 0.717) is 5.88 Å². The van der Waals surface area contributed by atoms with Crippen molar-refractivity contribution in [3.8, 4) is 0 Å². The summed E-state index contributed by atoms with van der Waals surface area (Å²) in [5.41, 5.74) is 0. The van der Waals surface area contributed by atoms with Crippen molar-refractivity contribution >= 4 is 28.6 Å². The van der Waals surface area contributed by atoms with Gasteiger partial charge in [-0.1, -0.05) is 11.8 Å². The number of rotatable bonds is 4. The highest BCUT2D eigenvalue weighted by Crippen LogP contribution is 2.17. The molecule has 11 heavy (non-hydrogen) atoms. The van der Waals surface area contributed by atoms with Crippen molar-refractivity contribution in [3.05, 3.63) is 0 Å². The summed E-state index contributed by atoms with van der Waals surface area (Å²) >= 11 is 6.93. The van der Waals surface area contributed by atoms with Gasteiger partial charge >= 0.3 is 0 Å². The largest absolute Gasteiger partial charge is 0.333 e. The molecule has 1 amide bonds. The lowest BCUT2D eigenvalue weighted by atomic mass is 10.3. The number of nitrogens with zero attached hydrogens (tertiary/aromatic N) is 1. The fourth-order valence-electron chi connectivity index (χ4n) is 1.03. The molecule has 0 N–H and O–H groups in total. The number of carbonyl (C=O) groups excluding carboxylic acids is 1. The Morgan fingerprint density at radius 2 is 2.36 bits per heavy atom. The van der Waals surface area contributed by atoms with Crippen LogP contribution in [-0.4, -0.2) is 34.9 Å². The quantitative estimate of drug-likeness (QED) is 0.504. The van der Waals surface area contributed by atoms with Gasteiger partial charge in [0, 0.05) is 24.7 Å². The maximum atomic E-state index is 11.0. The molecule has 1 aliphatic rings. The van der Waals surface area contributed by atoms with Crippen LogP contribution in [0.1, 0.15) is 12.8 Å². The molecule has 1 fully saturated rings. The molecule has 1 rings (SSSR count). The standard InChI is InChI=1S/C7H12ClNOS/c8-3-1-2-4-9-5-6-11-7(9)10/h1-6H2. The van der Waals surface area contributed by atoms with Crippen LogP contribution in [-0.2, 0) is 0 Å². The first-order chi connectivity index (χ1) is 5.34. The molecule has 0 aromatic heterocycles. The average molecular weight is 194 g/mol. The van der Waals surface area contributed by atoms with E-state index in [1.807, 2.05) is 4.90 Å². The highest BCUT2D eigenvalue weighted by Gasteiger charge is 2.19. The second-order valence-electron chi connectivity index (χ2n) is 2.50. The SMILES string of the molecule is O=C1SCCN1CCCCCl. The van der Waals surface area contributed by atoms with E-state index in [1.54, 1.807) is 0 Å². The van der Waals surface area contributed by atoms with Gasteiger partial charge in [-0.15, -0.1) is 11.6 Å². The van der Waals surface area contributed by atoms with E-state index in [2.05, 4.69) is 0 Å². The van der Waals surface area contributed by atoms with Crippen LogP contribution in [0.5, 0.6) is 0 Å². The zero-order valence-corrected chi connectivity index (χ0v) is 7.96. The van der Waals surface area contributed by atoms with E-state index in [0.717, 1.165) is 31.7 Å². The van der Waals surface area contributed by atoms with Crippen LogP contribution in [0.15, 0.2) is 0 Å². The molecule has 0 spiro atoms. The van der Waals surface area contributed by atoms with Gasteiger partial charge in [0.25, 0.3) is 5.24 Å². The fraction of sp³-hybridized carbons (Fsp3) is 0.857. The summed E-state index contributed by atoms with van der Waals surface area (Å²) in [7, 11) is 0. The molecule has 64 valence electrons. The number of hydrogen-bond acceptors (Lipinski definition) is 2. The van der Waals surface area contributed by atoms with E-state index < -0.39 is 0 Å². The van der Waals surface area contributed by atoms with Gasteiger partial charge in [0.1, 0.15) is 0 Å². The van der Waals surface area contributed by atoms with Crippen molar-refractivity contribution in [1.29, 1.82) is 0 Å². The summed E-state index contributed by atoms with van der Waals surface area (Å²) in [4.78, 5) is 12.9. The predicted octanol–water partition coefficient (Wildman–Crippen LogP) is 2.17. The Kier molecular flexibility index (Phi) is 4.08. The molecule has 0 aromatic rings. The molecular formula is C7H12ClNOS. The highest BCUT2D eigenvalue weighted by atomic mass is 35.5. The van der Waals surface area contributed by atoms with Crippen LogP contribution < -0.4 is 0 Å². The van der Waals surface area contributed by atoms with Crippen molar-refractivity contribution < 1.29 is 4.79 Å². The minimum atomic E-state index is 0.236. The third-order valence-electron chi connectivity index (χ3n) is 1.66. The normalized spacial score (nSPS) is 17.9. The smallest absolute Gasteiger partial charge is 0.281 e. The van der Waals surface area contributed by atoms with Gasteiger partial charge in [-0.3, -0.25) is 4.79 Å². The zero-order chi connectivity index (χ0) is 8.10. The molecule has 1 aliphatic heterocycles. The number of thioether (sulfide) groups is 1. The Bertz CT molecular complexity index is 142. The first-order valence-electron chi connectivity index (χ1n) is 3.82. The first-order valence-corrected chi connectivity index (χ1v) is 5.34.